The largest absolute Gasteiger partial charge is 0.439 e. The molecule has 0 bridgehead atoms. The van der Waals surface area contributed by atoms with Crippen LogP contribution in [0.3, 0.4) is 0 Å². The van der Waals surface area contributed by atoms with Crippen LogP contribution >= 0.6 is 0 Å². The standard InChI is InChI=1S/C10H12N2O2/c13-6-5-11-7-10-12-8-3-1-2-4-9(8)14-10/h1-4,11,13H,5-7H2. The molecule has 0 atom stereocenters. The van der Waals surface area contributed by atoms with Crippen LogP contribution in [-0.4, -0.2) is 23.2 Å². The van der Waals surface area contributed by atoms with Crippen molar-refractivity contribution in [3.05, 3.63) is 30.2 Å². The van der Waals surface area contributed by atoms with E-state index in [2.05, 4.69) is 10.3 Å². The number of nitrogens with zero attached hydrogens (tertiary/aromatic N) is 1. The summed E-state index contributed by atoms with van der Waals surface area (Å²) in [6, 6.07) is 7.64. The Labute approximate surface area is 81.6 Å². The van der Waals surface area contributed by atoms with Gasteiger partial charge in [-0.05, 0) is 12.1 Å². The summed E-state index contributed by atoms with van der Waals surface area (Å²) in [5.41, 5.74) is 1.67. The van der Waals surface area contributed by atoms with Crippen LogP contribution < -0.4 is 5.32 Å². The van der Waals surface area contributed by atoms with E-state index < -0.39 is 0 Å². The van der Waals surface area contributed by atoms with Gasteiger partial charge in [-0.15, -0.1) is 0 Å². The Hall–Kier alpha value is -1.39. The highest BCUT2D eigenvalue weighted by molar-refractivity contribution is 5.72. The predicted molar refractivity (Wildman–Crippen MR) is 52.8 cm³/mol. The van der Waals surface area contributed by atoms with Gasteiger partial charge in [-0.1, -0.05) is 12.1 Å². The quantitative estimate of drug-likeness (QED) is 0.707. The lowest BCUT2D eigenvalue weighted by atomic mass is 10.3. The number of fused-ring (bicyclic) bond motifs is 1. The SMILES string of the molecule is OCCNCc1nc2ccccc2o1. The van der Waals surface area contributed by atoms with E-state index in [-0.39, 0.29) is 6.61 Å². The van der Waals surface area contributed by atoms with Crippen molar-refractivity contribution >= 4 is 11.1 Å². The minimum atomic E-state index is 0.125. The highest BCUT2D eigenvalue weighted by Gasteiger charge is 2.02. The fourth-order valence-electron chi connectivity index (χ4n) is 1.27. The van der Waals surface area contributed by atoms with Crippen LogP contribution in [0.4, 0.5) is 0 Å². The second-order valence-corrected chi connectivity index (χ2v) is 2.98. The summed E-state index contributed by atoms with van der Waals surface area (Å²) in [7, 11) is 0. The van der Waals surface area contributed by atoms with E-state index in [0.29, 0.717) is 19.0 Å². The van der Waals surface area contributed by atoms with Gasteiger partial charge in [0.05, 0.1) is 13.2 Å². The Morgan fingerprint density at radius 1 is 1.36 bits per heavy atom. The average Bonchev–Trinajstić information content (AvgIpc) is 2.60. The first kappa shape index (κ1) is 9.18. The molecule has 0 unspecified atom stereocenters. The number of aromatic nitrogens is 1. The number of hydrogen-bond donors (Lipinski definition) is 2. The number of aliphatic hydroxyl groups is 1. The summed E-state index contributed by atoms with van der Waals surface area (Å²) in [5.74, 6) is 0.652. The third-order valence-electron chi connectivity index (χ3n) is 1.90. The maximum atomic E-state index is 8.57. The summed E-state index contributed by atoms with van der Waals surface area (Å²) in [4.78, 5) is 4.27. The van der Waals surface area contributed by atoms with Gasteiger partial charge in [0.15, 0.2) is 5.58 Å². The van der Waals surface area contributed by atoms with Crippen molar-refractivity contribution in [2.24, 2.45) is 0 Å². The lowest BCUT2D eigenvalue weighted by Gasteiger charge is -1.96. The van der Waals surface area contributed by atoms with Gasteiger partial charge in [-0.2, -0.15) is 0 Å². The average molecular weight is 192 g/mol. The molecule has 0 aliphatic carbocycles. The Balaban J connectivity index is 2.11. The number of nitrogens with one attached hydrogen (secondary N) is 1. The minimum absolute atomic E-state index is 0.125. The molecule has 0 saturated heterocycles. The van der Waals surface area contributed by atoms with Crippen LogP contribution in [0.2, 0.25) is 0 Å². The Bertz CT molecular complexity index is 378. The van der Waals surface area contributed by atoms with E-state index in [1.54, 1.807) is 0 Å². The molecular formula is C10H12N2O2. The molecule has 0 saturated carbocycles. The Morgan fingerprint density at radius 2 is 2.21 bits per heavy atom. The molecule has 1 aromatic heterocycles. The summed E-state index contributed by atoms with van der Waals surface area (Å²) in [5, 5.41) is 11.6. The monoisotopic (exact) mass is 192 g/mol. The van der Waals surface area contributed by atoms with Gasteiger partial charge in [-0.25, -0.2) is 4.98 Å². The molecule has 2 aromatic rings. The molecule has 14 heavy (non-hydrogen) atoms. The van der Waals surface area contributed by atoms with Crippen molar-refractivity contribution in [3.8, 4) is 0 Å². The van der Waals surface area contributed by atoms with Gasteiger partial charge >= 0.3 is 0 Å². The maximum absolute atomic E-state index is 8.57. The zero-order chi connectivity index (χ0) is 9.80. The first-order chi connectivity index (χ1) is 6.90. The van der Waals surface area contributed by atoms with Crippen molar-refractivity contribution in [1.29, 1.82) is 0 Å². The van der Waals surface area contributed by atoms with Gasteiger partial charge in [-0.3, -0.25) is 0 Å². The molecule has 1 aromatic carbocycles. The molecular weight excluding hydrogens is 180 g/mol. The highest BCUT2D eigenvalue weighted by Crippen LogP contribution is 2.13. The minimum Gasteiger partial charge on any atom is -0.439 e. The van der Waals surface area contributed by atoms with E-state index >= 15 is 0 Å². The smallest absolute Gasteiger partial charge is 0.209 e. The van der Waals surface area contributed by atoms with Crippen LogP contribution in [0.25, 0.3) is 11.1 Å². The third kappa shape index (κ3) is 1.92. The molecule has 2 N–H and O–H groups in total. The van der Waals surface area contributed by atoms with Crippen LogP contribution in [0.5, 0.6) is 0 Å². The Kier molecular flexibility index (Phi) is 2.76. The summed E-state index contributed by atoms with van der Waals surface area (Å²) in [6.07, 6.45) is 0. The molecule has 0 fully saturated rings. The van der Waals surface area contributed by atoms with Gasteiger partial charge in [0.1, 0.15) is 5.52 Å². The summed E-state index contributed by atoms with van der Waals surface area (Å²) < 4.78 is 5.46. The van der Waals surface area contributed by atoms with E-state index in [1.807, 2.05) is 24.3 Å². The Morgan fingerprint density at radius 3 is 3.00 bits per heavy atom. The summed E-state index contributed by atoms with van der Waals surface area (Å²) in [6.45, 7) is 1.23. The van der Waals surface area contributed by atoms with E-state index in [4.69, 9.17) is 9.52 Å². The number of oxazole rings is 1. The molecule has 4 heteroatoms. The van der Waals surface area contributed by atoms with Crippen molar-refractivity contribution in [3.63, 3.8) is 0 Å². The predicted octanol–water partition coefficient (Wildman–Crippen LogP) is 0.910. The fourth-order valence-corrected chi connectivity index (χ4v) is 1.27. The van der Waals surface area contributed by atoms with E-state index in [0.717, 1.165) is 11.1 Å². The van der Waals surface area contributed by atoms with Crippen LogP contribution in [0.15, 0.2) is 28.7 Å². The zero-order valence-electron chi connectivity index (χ0n) is 7.73. The van der Waals surface area contributed by atoms with Gasteiger partial charge in [0.25, 0.3) is 0 Å². The van der Waals surface area contributed by atoms with E-state index in [9.17, 15) is 0 Å². The first-order valence-corrected chi connectivity index (χ1v) is 4.56. The highest BCUT2D eigenvalue weighted by atomic mass is 16.3. The molecule has 0 radical (unpaired) electrons. The van der Waals surface area contributed by atoms with Crippen LogP contribution in [0, 0.1) is 0 Å². The number of para-hydroxylation sites is 2. The molecule has 2 rings (SSSR count). The number of aliphatic hydroxyl groups excluding tert-OH is 1. The maximum Gasteiger partial charge on any atom is 0.209 e. The van der Waals surface area contributed by atoms with E-state index in [1.165, 1.54) is 0 Å². The molecule has 4 nitrogen and oxygen atoms in total. The van der Waals surface area contributed by atoms with Crippen molar-refractivity contribution in [2.45, 2.75) is 6.54 Å². The lowest BCUT2D eigenvalue weighted by molar-refractivity contribution is 0.289. The fraction of sp³-hybridized carbons (Fsp3) is 0.300. The third-order valence-corrected chi connectivity index (χ3v) is 1.90. The molecule has 0 aliphatic rings. The topological polar surface area (TPSA) is 58.3 Å². The van der Waals surface area contributed by atoms with Crippen molar-refractivity contribution < 1.29 is 9.52 Å². The molecule has 0 amide bonds. The summed E-state index contributed by atoms with van der Waals surface area (Å²) >= 11 is 0. The van der Waals surface area contributed by atoms with Gasteiger partial charge in [0.2, 0.25) is 5.89 Å². The molecule has 1 heterocycles. The van der Waals surface area contributed by atoms with Crippen LogP contribution in [-0.2, 0) is 6.54 Å². The number of rotatable bonds is 4. The molecule has 74 valence electrons. The second-order valence-electron chi connectivity index (χ2n) is 2.98. The molecule has 0 spiro atoms. The first-order valence-electron chi connectivity index (χ1n) is 4.56. The number of benzene rings is 1. The van der Waals surface area contributed by atoms with Crippen molar-refractivity contribution in [1.82, 2.24) is 10.3 Å². The van der Waals surface area contributed by atoms with Gasteiger partial charge in [0, 0.05) is 6.54 Å². The van der Waals surface area contributed by atoms with Crippen LogP contribution in [0.1, 0.15) is 5.89 Å². The number of hydrogen-bond acceptors (Lipinski definition) is 4. The normalized spacial score (nSPS) is 10.9. The molecule has 0 aliphatic heterocycles. The van der Waals surface area contributed by atoms with Gasteiger partial charge < -0.3 is 14.8 Å². The van der Waals surface area contributed by atoms with Crippen molar-refractivity contribution in [2.75, 3.05) is 13.2 Å². The second kappa shape index (κ2) is 4.21. The zero-order valence-corrected chi connectivity index (χ0v) is 7.73. The lowest BCUT2D eigenvalue weighted by Crippen LogP contribution is -2.17.